The second kappa shape index (κ2) is 8.71. The first-order valence-electron chi connectivity index (χ1n) is 10.3. The van der Waals surface area contributed by atoms with Crippen LogP contribution < -0.4 is 4.90 Å². The van der Waals surface area contributed by atoms with Crippen molar-refractivity contribution in [3.05, 3.63) is 23.5 Å². The van der Waals surface area contributed by atoms with E-state index in [-0.39, 0.29) is 23.4 Å². The molecule has 31 heavy (non-hydrogen) atoms. The Morgan fingerprint density at radius 1 is 1.32 bits per heavy atom. The van der Waals surface area contributed by atoms with Gasteiger partial charge in [0.05, 0.1) is 17.4 Å². The predicted molar refractivity (Wildman–Crippen MR) is 112 cm³/mol. The second-order valence-electron chi connectivity index (χ2n) is 8.59. The topological polar surface area (TPSA) is 80.5 Å². The van der Waals surface area contributed by atoms with Gasteiger partial charge in [-0.2, -0.15) is 18.4 Å². The maximum Gasteiger partial charge on any atom is 0.419 e. The molecule has 10 heteroatoms. The molecule has 0 bridgehead atoms. The molecule has 0 unspecified atom stereocenters. The molecule has 0 radical (unpaired) electrons. The molecule has 0 atom stereocenters. The van der Waals surface area contributed by atoms with Crippen molar-refractivity contribution in [2.75, 3.05) is 11.5 Å². The normalized spacial score (nSPS) is 23.9. The van der Waals surface area contributed by atoms with Crippen LogP contribution in [0.25, 0.3) is 0 Å². The van der Waals surface area contributed by atoms with Gasteiger partial charge < -0.3 is 10.0 Å². The SMILES string of the molecule is CC1(C)C(=O)N(c2cnc(C#N)c(C(F)(F)F)c2)C(=S)N1C1CCC(CCCO)CC1. The summed E-state index contributed by atoms with van der Waals surface area (Å²) >= 11 is 5.57. The van der Waals surface area contributed by atoms with Crippen LogP contribution in [0.5, 0.6) is 0 Å². The van der Waals surface area contributed by atoms with Crippen LogP contribution in [-0.2, 0) is 11.0 Å². The third-order valence-corrected chi connectivity index (χ3v) is 6.60. The van der Waals surface area contributed by atoms with Crippen LogP contribution in [0.1, 0.15) is 63.6 Å². The zero-order valence-electron chi connectivity index (χ0n) is 17.4. The molecule has 1 saturated carbocycles. The van der Waals surface area contributed by atoms with Crippen LogP contribution >= 0.6 is 12.2 Å². The van der Waals surface area contributed by atoms with Gasteiger partial charge in [0.2, 0.25) is 0 Å². The van der Waals surface area contributed by atoms with E-state index in [0.717, 1.165) is 55.7 Å². The molecule has 1 amide bonds. The van der Waals surface area contributed by atoms with Crippen LogP contribution in [0.2, 0.25) is 0 Å². The summed E-state index contributed by atoms with van der Waals surface area (Å²) in [6, 6.07) is 2.22. The van der Waals surface area contributed by atoms with Gasteiger partial charge in [-0.3, -0.25) is 9.69 Å². The standard InChI is InChI=1S/C21H25F3N4O2S/c1-20(2)18(30)27(15-10-16(21(22,23)24)17(11-25)26-12-15)19(31)28(20)14-7-5-13(6-8-14)4-3-9-29/h10,12-14,29H,3-9H2,1-2H3. The quantitative estimate of drug-likeness (QED) is 0.677. The molecule has 0 spiro atoms. The smallest absolute Gasteiger partial charge is 0.396 e. The molecule has 1 aliphatic heterocycles. The monoisotopic (exact) mass is 454 g/mol. The molecular formula is C21H25F3N4O2S. The van der Waals surface area contributed by atoms with E-state index in [1.807, 2.05) is 4.90 Å². The van der Waals surface area contributed by atoms with E-state index >= 15 is 0 Å². The maximum atomic E-state index is 13.4. The van der Waals surface area contributed by atoms with E-state index < -0.39 is 28.9 Å². The summed E-state index contributed by atoms with van der Waals surface area (Å²) in [6.07, 6.45) is 1.57. The van der Waals surface area contributed by atoms with Crippen molar-refractivity contribution >= 4 is 28.9 Å². The number of carbonyl (C=O) groups excluding carboxylic acids is 1. The van der Waals surface area contributed by atoms with Gasteiger partial charge in [0, 0.05) is 12.6 Å². The summed E-state index contributed by atoms with van der Waals surface area (Å²) in [5.74, 6) is 0.103. The number of carbonyl (C=O) groups is 1. The highest BCUT2D eigenvalue weighted by atomic mass is 32.1. The fraction of sp³-hybridized carbons (Fsp3) is 0.619. The Hall–Kier alpha value is -2.25. The molecule has 2 aliphatic rings. The highest BCUT2D eigenvalue weighted by molar-refractivity contribution is 7.80. The molecule has 2 fully saturated rings. The predicted octanol–water partition coefficient (Wildman–Crippen LogP) is 4.02. The van der Waals surface area contributed by atoms with Crippen molar-refractivity contribution in [2.45, 2.75) is 70.1 Å². The lowest BCUT2D eigenvalue weighted by Crippen LogP contribution is -2.51. The van der Waals surface area contributed by atoms with E-state index in [1.54, 1.807) is 13.8 Å². The van der Waals surface area contributed by atoms with Gasteiger partial charge in [-0.15, -0.1) is 0 Å². The third kappa shape index (κ3) is 4.39. The van der Waals surface area contributed by atoms with Gasteiger partial charge >= 0.3 is 6.18 Å². The van der Waals surface area contributed by atoms with E-state index in [1.165, 1.54) is 6.07 Å². The van der Waals surface area contributed by atoms with Crippen LogP contribution in [0.15, 0.2) is 12.3 Å². The summed E-state index contributed by atoms with van der Waals surface area (Å²) in [5.41, 5.74) is -3.03. The molecule has 1 aromatic rings. The number of nitriles is 1. The number of nitrogens with zero attached hydrogens (tertiary/aromatic N) is 4. The van der Waals surface area contributed by atoms with Crippen molar-refractivity contribution in [3.8, 4) is 6.07 Å². The maximum absolute atomic E-state index is 13.4. The first-order chi connectivity index (χ1) is 14.5. The van der Waals surface area contributed by atoms with Gasteiger partial charge in [-0.25, -0.2) is 4.98 Å². The van der Waals surface area contributed by atoms with Crippen molar-refractivity contribution in [1.29, 1.82) is 5.26 Å². The first-order valence-corrected chi connectivity index (χ1v) is 10.7. The summed E-state index contributed by atoms with van der Waals surface area (Å²) in [7, 11) is 0. The highest BCUT2D eigenvalue weighted by Gasteiger charge is 2.52. The Morgan fingerprint density at radius 3 is 2.52 bits per heavy atom. The van der Waals surface area contributed by atoms with Crippen LogP contribution in [0, 0.1) is 17.2 Å². The minimum absolute atomic E-state index is 0.00949. The molecule has 168 valence electrons. The lowest BCUT2D eigenvalue weighted by molar-refractivity contribution is -0.138. The van der Waals surface area contributed by atoms with E-state index in [4.69, 9.17) is 22.6 Å². The molecule has 1 saturated heterocycles. The molecular weight excluding hydrogens is 429 g/mol. The minimum Gasteiger partial charge on any atom is -0.396 e. The first kappa shape index (κ1) is 23.4. The lowest BCUT2D eigenvalue weighted by Gasteiger charge is -2.41. The molecule has 3 rings (SSSR count). The van der Waals surface area contributed by atoms with Crippen LogP contribution in [0.4, 0.5) is 18.9 Å². The highest BCUT2D eigenvalue weighted by Crippen LogP contribution is 2.41. The number of aliphatic hydroxyl groups is 1. The third-order valence-electron chi connectivity index (χ3n) is 6.22. The second-order valence-corrected chi connectivity index (χ2v) is 8.96. The molecule has 6 nitrogen and oxygen atoms in total. The molecule has 1 N–H and O–H groups in total. The van der Waals surface area contributed by atoms with E-state index in [0.29, 0.717) is 5.92 Å². The van der Waals surface area contributed by atoms with Crippen molar-refractivity contribution < 1.29 is 23.1 Å². The summed E-state index contributed by atoms with van der Waals surface area (Å²) < 4.78 is 40.2. The van der Waals surface area contributed by atoms with Gasteiger partial charge in [-0.05, 0) is 76.6 Å². The number of aliphatic hydroxyl groups excluding tert-OH is 1. The number of halogens is 3. The summed E-state index contributed by atoms with van der Waals surface area (Å²) in [6.45, 7) is 3.62. The Morgan fingerprint density at radius 2 is 1.97 bits per heavy atom. The number of thiocarbonyl (C=S) groups is 1. The number of anilines is 1. The van der Waals surface area contributed by atoms with Crippen molar-refractivity contribution in [2.24, 2.45) is 5.92 Å². The largest absolute Gasteiger partial charge is 0.419 e. The van der Waals surface area contributed by atoms with E-state index in [2.05, 4.69) is 4.98 Å². The minimum atomic E-state index is -4.78. The average molecular weight is 455 g/mol. The number of pyridine rings is 1. The van der Waals surface area contributed by atoms with Crippen LogP contribution in [-0.4, -0.2) is 44.2 Å². The van der Waals surface area contributed by atoms with Gasteiger partial charge in [0.15, 0.2) is 10.8 Å². The number of rotatable bonds is 5. The van der Waals surface area contributed by atoms with Gasteiger partial charge in [-0.1, -0.05) is 0 Å². The number of alkyl halides is 3. The molecule has 2 heterocycles. The average Bonchev–Trinajstić information content (AvgIpc) is 2.90. The van der Waals surface area contributed by atoms with E-state index in [9.17, 15) is 18.0 Å². The fourth-order valence-corrected chi connectivity index (χ4v) is 5.17. The lowest BCUT2D eigenvalue weighted by atomic mass is 9.82. The zero-order chi connectivity index (χ0) is 23.0. The Labute approximate surface area is 184 Å². The molecule has 1 aromatic heterocycles. The van der Waals surface area contributed by atoms with Gasteiger partial charge in [0.1, 0.15) is 11.6 Å². The number of amides is 1. The van der Waals surface area contributed by atoms with Crippen molar-refractivity contribution in [3.63, 3.8) is 0 Å². The summed E-state index contributed by atoms with van der Waals surface area (Å²) in [4.78, 5) is 19.8. The summed E-state index contributed by atoms with van der Waals surface area (Å²) in [5, 5.41) is 18.2. The van der Waals surface area contributed by atoms with Gasteiger partial charge in [0.25, 0.3) is 5.91 Å². The molecule has 0 aromatic carbocycles. The Kier molecular flexibility index (Phi) is 6.58. The number of aromatic nitrogens is 1. The van der Waals surface area contributed by atoms with Crippen molar-refractivity contribution in [1.82, 2.24) is 9.88 Å². The fourth-order valence-electron chi connectivity index (χ4n) is 4.60. The number of hydrogen-bond acceptors (Lipinski definition) is 5. The molecule has 1 aliphatic carbocycles. The Balaban J connectivity index is 1.88. The number of hydrogen-bond donors (Lipinski definition) is 1. The zero-order valence-corrected chi connectivity index (χ0v) is 18.3. The Bertz CT molecular complexity index is 905. The van der Waals surface area contributed by atoms with Crippen LogP contribution in [0.3, 0.4) is 0 Å².